The van der Waals surface area contributed by atoms with Crippen LogP contribution in [-0.2, 0) is 9.53 Å². The summed E-state index contributed by atoms with van der Waals surface area (Å²) in [6.45, 7) is 1.65. The van der Waals surface area contributed by atoms with Crippen molar-refractivity contribution in [2.24, 2.45) is 0 Å². The van der Waals surface area contributed by atoms with Crippen LogP contribution in [0.25, 0.3) is 0 Å². The molecule has 1 aromatic rings. The smallest absolute Gasteiger partial charge is 0.307 e. The van der Waals surface area contributed by atoms with Gasteiger partial charge in [0.1, 0.15) is 5.83 Å². The molecule has 2 aliphatic rings. The lowest BCUT2D eigenvalue weighted by Gasteiger charge is -2.28. The largest absolute Gasteiger partial charge is 0.499 e. The highest BCUT2D eigenvalue weighted by Crippen LogP contribution is 2.43. The number of carboxylic acids is 1. The van der Waals surface area contributed by atoms with Crippen LogP contribution in [0.3, 0.4) is 0 Å². The number of ether oxygens (including phenoxy) is 1. The molecule has 1 amide bonds. The number of carboxylic acid groups (broad SMARTS) is 1. The first-order valence-electron chi connectivity index (χ1n) is 7.52. The van der Waals surface area contributed by atoms with E-state index >= 15 is 0 Å². The lowest BCUT2D eigenvalue weighted by molar-refractivity contribution is -0.136. The fourth-order valence-electron chi connectivity index (χ4n) is 3.21. The van der Waals surface area contributed by atoms with Gasteiger partial charge in [-0.2, -0.15) is 0 Å². The summed E-state index contributed by atoms with van der Waals surface area (Å²) in [4.78, 5) is 25.8. The number of thiophene rings is 1. The van der Waals surface area contributed by atoms with Gasteiger partial charge in [0.25, 0.3) is 5.91 Å². The summed E-state index contributed by atoms with van der Waals surface area (Å²) in [5.74, 6) is -1.88. The van der Waals surface area contributed by atoms with Crippen LogP contribution in [0.4, 0.5) is 4.39 Å². The second-order valence-corrected chi connectivity index (χ2v) is 6.80. The zero-order chi connectivity index (χ0) is 18.3. The molecule has 6 nitrogen and oxygen atoms in total. The number of amides is 1. The van der Waals surface area contributed by atoms with Crippen molar-refractivity contribution in [1.82, 2.24) is 4.90 Å². The summed E-state index contributed by atoms with van der Waals surface area (Å²) < 4.78 is 19.3. The number of allylic oxidation sites excluding steroid dienone is 2. The summed E-state index contributed by atoms with van der Waals surface area (Å²) >= 11 is 0.921. The Balaban J connectivity index is 2.06. The number of methoxy groups -OCH3 is 1. The highest BCUT2D eigenvalue weighted by atomic mass is 32.1. The average Bonchev–Trinajstić information content (AvgIpc) is 3.08. The van der Waals surface area contributed by atoms with Crippen LogP contribution in [0.2, 0.25) is 0 Å². The van der Waals surface area contributed by atoms with E-state index in [1.54, 1.807) is 6.92 Å². The van der Waals surface area contributed by atoms with Crippen LogP contribution >= 0.6 is 11.3 Å². The first-order valence-corrected chi connectivity index (χ1v) is 8.33. The van der Waals surface area contributed by atoms with Gasteiger partial charge in [-0.3, -0.25) is 9.59 Å². The maximum atomic E-state index is 14.2. The van der Waals surface area contributed by atoms with Gasteiger partial charge in [-0.1, -0.05) is 11.3 Å². The highest BCUT2D eigenvalue weighted by Gasteiger charge is 2.42. The molecule has 1 aromatic heterocycles. The van der Waals surface area contributed by atoms with E-state index in [0.717, 1.165) is 11.3 Å². The van der Waals surface area contributed by atoms with Crippen molar-refractivity contribution in [3.63, 3.8) is 0 Å². The molecule has 2 heterocycles. The lowest BCUT2D eigenvalue weighted by Crippen LogP contribution is -2.36. The Kier molecular flexibility index (Phi) is 4.38. The summed E-state index contributed by atoms with van der Waals surface area (Å²) in [6.07, 6.45) is 1.11. The molecule has 1 aliphatic heterocycles. The summed E-state index contributed by atoms with van der Waals surface area (Å²) in [5, 5.41) is 18.7. The van der Waals surface area contributed by atoms with Gasteiger partial charge in [0, 0.05) is 12.1 Å². The van der Waals surface area contributed by atoms with Crippen molar-refractivity contribution in [3.8, 4) is 5.06 Å². The van der Waals surface area contributed by atoms with Gasteiger partial charge in [-0.05, 0) is 36.3 Å². The number of aromatic hydroxyl groups is 1. The molecule has 1 atom stereocenters. The molecule has 25 heavy (non-hydrogen) atoms. The minimum absolute atomic E-state index is 0.00194. The topological polar surface area (TPSA) is 87.1 Å². The average molecular weight is 365 g/mol. The van der Waals surface area contributed by atoms with Crippen molar-refractivity contribution in [2.75, 3.05) is 7.11 Å². The normalized spacial score (nSPS) is 19.9. The molecule has 2 N–H and O–H groups in total. The van der Waals surface area contributed by atoms with E-state index < -0.39 is 23.7 Å². The number of carbonyl (C=O) groups excluding carboxylic acids is 1. The van der Waals surface area contributed by atoms with E-state index in [1.807, 2.05) is 0 Å². The fraction of sp³-hybridized carbons (Fsp3) is 0.294. The van der Waals surface area contributed by atoms with Crippen molar-refractivity contribution >= 4 is 23.2 Å². The molecule has 0 fully saturated rings. The number of halogens is 1. The molecule has 1 unspecified atom stereocenters. The van der Waals surface area contributed by atoms with Crippen LogP contribution in [0.5, 0.6) is 5.06 Å². The molecule has 1 aliphatic carbocycles. The molecular formula is C17H16FNO5S. The van der Waals surface area contributed by atoms with Crippen LogP contribution in [-0.4, -0.2) is 40.1 Å². The number of rotatable bonds is 4. The molecular weight excluding hydrogens is 349 g/mol. The van der Waals surface area contributed by atoms with Crippen LogP contribution < -0.4 is 0 Å². The molecule has 0 spiro atoms. The Labute approximate surface area is 147 Å². The number of hydrogen-bond donors (Lipinski definition) is 2. The monoisotopic (exact) mass is 365 g/mol. The van der Waals surface area contributed by atoms with Gasteiger partial charge in [-0.25, -0.2) is 4.39 Å². The molecule has 3 rings (SSSR count). The molecule has 132 valence electrons. The molecule has 8 heteroatoms. The first-order chi connectivity index (χ1) is 11.8. The maximum Gasteiger partial charge on any atom is 0.307 e. The van der Waals surface area contributed by atoms with Gasteiger partial charge in [0.15, 0.2) is 10.8 Å². The molecule has 0 radical (unpaired) electrons. The Morgan fingerprint density at radius 2 is 2.16 bits per heavy atom. The van der Waals surface area contributed by atoms with Crippen LogP contribution in [0.1, 0.15) is 29.4 Å². The Bertz CT molecular complexity index is 851. The van der Waals surface area contributed by atoms with Crippen LogP contribution in [0, 0.1) is 0 Å². The van der Waals surface area contributed by atoms with E-state index in [4.69, 9.17) is 4.74 Å². The van der Waals surface area contributed by atoms with Gasteiger partial charge < -0.3 is 19.8 Å². The van der Waals surface area contributed by atoms with E-state index in [1.165, 1.54) is 30.2 Å². The predicted molar refractivity (Wildman–Crippen MR) is 88.7 cm³/mol. The second-order valence-electron chi connectivity index (χ2n) is 5.74. The molecule has 0 bridgehead atoms. The third-order valence-corrected chi connectivity index (χ3v) is 5.19. The zero-order valence-corrected chi connectivity index (χ0v) is 14.4. The zero-order valence-electron chi connectivity index (χ0n) is 13.6. The maximum absolute atomic E-state index is 14.2. The van der Waals surface area contributed by atoms with Gasteiger partial charge in [0.05, 0.1) is 24.4 Å². The van der Waals surface area contributed by atoms with Gasteiger partial charge >= 0.3 is 5.97 Å². The molecule has 0 aromatic carbocycles. The third kappa shape index (κ3) is 2.93. The minimum Gasteiger partial charge on any atom is -0.499 e. The van der Waals surface area contributed by atoms with E-state index in [-0.39, 0.29) is 23.7 Å². The number of fused-ring (bicyclic) bond motifs is 1. The summed E-state index contributed by atoms with van der Waals surface area (Å²) in [5.41, 5.74) is 1.53. The second kappa shape index (κ2) is 6.36. The SMILES string of the molecule is COC1=C(F)CC2C(=C1)C(CC(=O)O)=C(C)N2C(=O)c1ccc(O)s1. The quantitative estimate of drug-likeness (QED) is 0.856. The minimum atomic E-state index is -1.04. The van der Waals surface area contributed by atoms with Crippen LogP contribution in [0.15, 0.2) is 46.6 Å². The predicted octanol–water partition coefficient (Wildman–Crippen LogP) is 3.18. The fourth-order valence-corrected chi connectivity index (χ4v) is 3.89. The summed E-state index contributed by atoms with van der Waals surface area (Å²) in [6, 6.07) is 2.28. The Hall–Kier alpha value is -2.61. The number of hydrogen-bond acceptors (Lipinski definition) is 5. The molecule has 0 saturated heterocycles. The van der Waals surface area contributed by atoms with Crippen molar-refractivity contribution < 1.29 is 28.9 Å². The van der Waals surface area contributed by atoms with Crippen molar-refractivity contribution in [1.29, 1.82) is 0 Å². The Morgan fingerprint density at radius 1 is 1.44 bits per heavy atom. The number of aliphatic carboxylic acids is 1. The standard InChI is InChI=1S/C17H16FNO5S/c1-8-9(6-15(20)21)10-5-13(24-2)11(18)7-12(10)19(8)17(23)14-3-4-16(22)25-14/h3-5,12,22H,6-7H2,1-2H3,(H,20,21). The summed E-state index contributed by atoms with van der Waals surface area (Å²) in [7, 11) is 1.34. The van der Waals surface area contributed by atoms with Crippen molar-refractivity contribution in [3.05, 3.63) is 51.5 Å². The van der Waals surface area contributed by atoms with E-state index in [9.17, 15) is 24.2 Å². The highest BCUT2D eigenvalue weighted by molar-refractivity contribution is 7.15. The Morgan fingerprint density at radius 3 is 2.72 bits per heavy atom. The first kappa shape index (κ1) is 17.2. The number of carbonyl (C=O) groups is 2. The molecule has 0 saturated carbocycles. The van der Waals surface area contributed by atoms with E-state index in [2.05, 4.69) is 0 Å². The third-order valence-electron chi connectivity index (χ3n) is 4.31. The number of nitrogens with zero attached hydrogens (tertiary/aromatic N) is 1. The van der Waals surface area contributed by atoms with Gasteiger partial charge in [-0.15, -0.1) is 0 Å². The van der Waals surface area contributed by atoms with Crippen molar-refractivity contribution in [2.45, 2.75) is 25.8 Å². The van der Waals surface area contributed by atoms with E-state index in [0.29, 0.717) is 21.7 Å². The lowest BCUT2D eigenvalue weighted by atomic mass is 9.92. The van der Waals surface area contributed by atoms with Gasteiger partial charge in [0.2, 0.25) is 0 Å².